The summed E-state index contributed by atoms with van der Waals surface area (Å²) in [6.45, 7) is 1.76. The third-order valence-electron chi connectivity index (χ3n) is 1.91. The molecular formula is C10H8FNO. The van der Waals surface area contributed by atoms with Crippen molar-refractivity contribution in [2.24, 2.45) is 0 Å². The highest BCUT2D eigenvalue weighted by atomic mass is 19.1. The summed E-state index contributed by atoms with van der Waals surface area (Å²) in [5.41, 5.74) is 1.24. The van der Waals surface area contributed by atoms with E-state index in [0.717, 1.165) is 0 Å². The second-order valence-corrected chi connectivity index (χ2v) is 2.78. The summed E-state index contributed by atoms with van der Waals surface area (Å²) in [4.78, 5) is 0. The average molecular weight is 177 g/mol. The van der Waals surface area contributed by atoms with E-state index in [1.807, 2.05) is 0 Å². The van der Waals surface area contributed by atoms with Crippen LogP contribution < -0.4 is 0 Å². The number of hydrogen-bond donors (Lipinski definition) is 0. The number of aryl methyl sites for hydroxylation is 1. The Morgan fingerprint density at radius 3 is 2.62 bits per heavy atom. The molecule has 13 heavy (non-hydrogen) atoms. The van der Waals surface area contributed by atoms with Crippen LogP contribution in [-0.4, -0.2) is 5.16 Å². The smallest absolute Gasteiger partial charge is 0.141 e. The van der Waals surface area contributed by atoms with E-state index < -0.39 is 0 Å². The molecule has 1 heterocycles. The van der Waals surface area contributed by atoms with Crippen molar-refractivity contribution in [3.8, 4) is 11.1 Å². The highest BCUT2D eigenvalue weighted by molar-refractivity contribution is 5.64. The first kappa shape index (κ1) is 7.98. The lowest BCUT2D eigenvalue weighted by Gasteiger charge is -1.98. The van der Waals surface area contributed by atoms with Gasteiger partial charge >= 0.3 is 0 Å². The van der Waals surface area contributed by atoms with Crippen LogP contribution in [0.3, 0.4) is 0 Å². The quantitative estimate of drug-likeness (QED) is 0.669. The number of hydrogen-bond acceptors (Lipinski definition) is 2. The van der Waals surface area contributed by atoms with E-state index in [0.29, 0.717) is 16.9 Å². The van der Waals surface area contributed by atoms with Crippen molar-refractivity contribution >= 4 is 0 Å². The molecule has 0 amide bonds. The van der Waals surface area contributed by atoms with Crippen LogP contribution in [0, 0.1) is 12.7 Å². The van der Waals surface area contributed by atoms with E-state index >= 15 is 0 Å². The maximum Gasteiger partial charge on any atom is 0.141 e. The Labute approximate surface area is 75.0 Å². The van der Waals surface area contributed by atoms with Gasteiger partial charge < -0.3 is 4.52 Å². The average Bonchev–Trinajstić information content (AvgIpc) is 2.52. The SMILES string of the molecule is Cc1oncc1-c1ccccc1F. The van der Waals surface area contributed by atoms with E-state index in [9.17, 15) is 4.39 Å². The zero-order valence-electron chi connectivity index (χ0n) is 7.12. The number of benzene rings is 1. The molecule has 0 atom stereocenters. The Kier molecular flexibility index (Phi) is 1.85. The molecule has 1 aromatic heterocycles. The zero-order valence-corrected chi connectivity index (χ0v) is 7.12. The minimum atomic E-state index is -0.256. The van der Waals surface area contributed by atoms with Gasteiger partial charge in [-0.15, -0.1) is 0 Å². The zero-order chi connectivity index (χ0) is 9.26. The number of nitrogens with zero attached hydrogens (tertiary/aromatic N) is 1. The first-order valence-electron chi connectivity index (χ1n) is 3.95. The van der Waals surface area contributed by atoms with Gasteiger partial charge in [0.15, 0.2) is 0 Å². The van der Waals surface area contributed by atoms with Gasteiger partial charge in [-0.2, -0.15) is 0 Å². The van der Waals surface area contributed by atoms with Crippen molar-refractivity contribution in [2.75, 3.05) is 0 Å². The molecule has 0 aliphatic rings. The second kappa shape index (κ2) is 3.01. The molecule has 3 heteroatoms. The summed E-state index contributed by atoms with van der Waals surface area (Å²) >= 11 is 0. The first-order chi connectivity index (χ1) is 6.29. The predicted octanol–water partition coefficient (Wildman–Crippen LogP) is 2.79. The third-order valence-corrected chi connectivity index (χ3v) is 1.91. The lowest BCUT2D eigenvalue weighted by molar-refractivity contribution is 0.398. The molecule has 0 saturated heterocycles. The van der Waals surface area contributed by atoms with Gasteiger partial charge in [0, 0.05) is 11.1 Å². The molecule has 0 radical (unpaired) electrons. The largest absolute Gasteiger partial charge is 0.361 e. The molecule has 0 saturated carbocycles. The summed E-state index contributed by atoms with van der Waals surface area (Å²) in [5, 5.41) is 3.60. The molecule has 2 rings (SSSR count). The molecule has 66 valence electrons. The minimum Gasteiger partial charge on any atom is -0.361 e. The van der Waals surface area contributed by atoms with Crippen LogP contribution in [0.1, 0.15) is 5.76 Å². The number of aromatic nitrogens is 1. The molecule has 0 aliphatic heterocycles. The molecule has 2 nitrogen and oxygen atoms in total. The predicted molar refractivity (Wildman–Crippen MR) is 46.6 cm³/mol. The highest BCUT2D eigenvalue weighted by Gasteiger charge is 2.09. The lowest BCUT2D eigenvalue weighted by Crippen LogP contribution is -1.82. The van der Waals surface area contributed by atoms with Crippen molar-refractivity contribution < 1.29 is 8.91 Å². The normalized spacial score (nSPS) is 10.3. The third kappa shape index (κ3) is 1.33. The first-order valence-corrected chi connectivity index (χ1v) is 3.95. The Bertz CT molecular complexity index is 422. The van der Waals surface area contributed by atoms with Crippen LogP contribution in [-0.2, 0) is 0 Å². The molecule has 0 fully saturated rings. The van der Waals surface area contributed by atoms with Gasteiger partial charge in [0.05, 0.1) is 6.20 Å². The maximum atomic E-state index is 13.3. The monoisotopic (exact) mass is 177 g/mol. The van der Waals surface area contributed by atoms with Gasteiger partial charge in [-0.3, -0.25) is 0 Å². The van der Waals surface area contributed by atoms with Crippen LogP contribution >= 0.6 is 0 Å². The van der Waals surface area contributed by atoms with E-state index in [1.165, 1.54) is 12.3 Å². The highest BCUT2D eigenvalue weighted by Crippen LogP contribution is 2.24. The Morgan fingerprint density at radius 2 is 2.00 bits per heavy atom. The van der Waals surface area contributed by atoms with Crippen molar-refractivity contribution in [1.82, 2.24) is 5.16 Å². The summed E-state index contributed by atoms with van der Waals surface area (Å²) < 4.78 is 18.1. The van der Waals surface area contributed by atoms with Crippen LogP contribution in [0.2, 0.25) is 0 Å². The standard InChI is InChI=1S/C10H8FNO/c1-7-9(6-12-13-7)8-4-2-3-5-10(8)11/h2-6H,1H3. The van der Waals surface area contributed by atoms with Crippen LogP contribution in [0.15, 0.2) is 35.0 Å². The van der Waals surface area contributed by atoms with Crippen molar-refractivity contribution in [2.45, 2.75) is 6.92 Å². The molecule has 0 spiro atoms. The summed E-state index contributed by atoms with van der Waals surface area (Å²) in [5.74, 6) is 0.374. The van der Waals surface area contributed by atoms with E-state index in [2.05, 4.69) is 5.16 Å². The van der Waals surface area contributed by atoms with Crippen molar-refractivity contribution in [3.05, 3.63) is 42.0 Å². The summed E-state index contributed by atoms with van der Waals surface area (Å²) in [6, 6.07) is 6.56. The topological polar surface area (TPSA) is 26.0 Å². The fraction of sp³-hybridized carbons (Fsp3) is 0.100. The minimum absolute atomic E-state index is 0.256. The maximum absolute atomic E-state index is 13.3. The van der Waals surface area contributed by atoms with Gasteiger partial charge in [-0.1, -0.05) is 23.4 Å². The molecule has 1 aromatic carbocycles. The van der Waals surface area contributed by atoms with E-state index in [-0.39, 0.29) is 5.82 Å². The van der Waals surface area contributed by atoms with Crippen molar-refractivity contribution in [3.63, 3.8) is 0 Å². The van der Waals surface area contributed by atoms with Gasteiger partial charge in [0.2, 0.25) is 0 Å². The molecule has 0 N–H and O–H groups in total. The molecule has 0 unspecified atom stereocenters. The lowest BCUT2D eigenvalue weighted by atomic mass is 10.1. The van der Waals surface area contributed by atoms with Gasteiger partial charge in [-0.05, 0) is 13.0 Å². The second-order valence-electron chi connectivity index (χ2n) is 2.78. The summed E-state index contributed by atoms with van der Waals surface area (Å²) in [6.07, 6.45) is 1.52. The molecule has 0 bridgehead atoms. The Hall–Kier alpha value is -1.64. The van der Waals surface area contributed by atoms with Crippen LogP contribution in [0.4, 0.5) is 4.39 Å². The summed E-state index contributed by atoms with van der Waals surface area (Å²) in [7, 11) is 0. The van der Waals surface area contributed by atoms with Gasteiger partial charge in [0.1, 0.15) is 11.6 Å². The molecule has 0 aliphatic carbocycles. The van der Waals surface area contributed by atoms with Gasteiger partial charge in [0.25, 0.3) is 0 Å². The number of halogens is 1. The van der Waals surface area contributed by atoms with Crippen molar-refractivity contribution in [1.29, 1.82) is 0 Å². The number of rotatable bonds is 1. The molecular weight excluding hydrogens is 169 g/mol. The molecule has 2 aromatic rings. The Balaban J connectivity index is 2.59. The van der Waals surface area contributed by atoms with Crippen LogP contribution in [0.25, 0.3) is 11.1 Å². The Morgan fingerprint density at radius 1 is 1.23 bits per heavy atom. The van der Waals surface area contributed by atoms with E-state index in [4.69, 9.17) is 4.52 Å². The fourth-order valence-corrected chi connectivity index (χ4v) is 1.24. The van der Waals surface area contributed by atoms with E-state index in [1.54, 1.807) is 25.1 Å². The van der Waals surface area contributed by atoms with Gasteiger partial charge in [-0.25, -0.2) is 4.39 Å². The van der Waals surface area contributed by atoms with Crippen LogP contribution in [0.5, 0.6) is 0 Å². The fourth-order valence-electron chi connectivity index (χ4n) is 1.24.